The number of hydrogen-bond acceptors (Lipinski definition) is 3. The van der Waals surface area contributed by atoms with Gasteiger partial charge in [-0.3, -0.25) is 4.90 Å². The minimum atomic E-state index is 0. The molecule has 0 spiro atoms. The van der Waals surface area contributed by atoms with E-state index in [1.165, 1.54) is 38.5 Å². The number of aliphatic hydroxyl groups is 2. The topological polar surface area (TPSA) is 43.7 Å². The van der Waals surface area contributed by atoms with Crippen LogP contribution in [-0.4, -0.2) is 47.0 Å². The van der Waals surface area contributed by atoms with Crippen LogP contribution in [0.1, 0.15) is 38.5 Å². The maximum absolute atomic E-state index is 9.24. The first-order valence-electron chi connectivity index (χ1n) is 7.22. The Morgan fingerprint density at radius 3 is 1.56 bits per heavy atom. The van der Waals surface area contributed by atoms with Crippen molar-refractivity contribution in [3.8, 4) is 0 Å². The summed E-state index contributed by atoms with van der Waals surface area (Å²) < 4.78 is 0. The first-order valence-corrected chi connectivity index (χ1v) is 7.22. The van der Waals surface area contributed by atoms with Gasteiger partial charge in [0.15, 0.2) is 0 Å². The molecule has 106 valence electrons. The summed E-state index contributed by atoms with van der Waals surface area (Å²) in [5.41, 5.74) is 0.334. The van der Waals surface area contributed by atoms with Crippen molar-refractivity contribution in [2.45, 2.75) is 44.1 Å². The molecular weight excluding hydrogens is 250 g/mol. The first kappa shape index (κ1) is 14.6. The lowest BCUT2D eigenvalue weighted by molar-refractivity contribution is -0.0955. The Balaban J connectivity index is 0.00000120. The van der Waals surface area contributed by atoms with E-state index in [-0.39, 0.29) is 25.6 Å². The molecule has 0 unspecified atom stereocenters. The van der Waals surface area contributed by atoms with Gasteiger partial charge in [0, 0.05) is 18.6 Å². The lowest BCUT2D eigenvalue weighted by Gasteiger charge is -2.60. The van der Waals surface area contributed by atoms with Gasteiger partial charge >= 0.3 is 0 Å². The van der Waals surface area contributed by atoms with Crippen LogP contribution in [0.2, 0.25) is 0 Å². The van der Waals surface area contributed by atoms with Crippen LogP contribution in [0.4, 0.5) is 0 Å². The van der Waals surface area contributed by atoms with E-state index in [0.29, 0.717) is 5.54 Å². The molecule has 4 rings (SSSR count). The lowest BCUT2D eigenvalue weighted by atomic mass is 9.52. The number of rotatable bonds is 5. The smallest absolute Gasteiger partial charge is 0.0558 e. The third kappa shape index (κ3) is 2.43. The highest BCUT2D eigenvalue weighted by molar-refractivity contribution is 5.85. The molecule has 0 aromatic rings. The number of nitrogens with zero attached hydrogens (tertiary/aromatic N) is 1. The molecule has 4 aliphatic rings. The van der Waals surface area contributed by atoms with Crippen molar-refractivity contribution in [1.29, 1.82) is 0 Å². The van der Waals surface area contributed by atoms with Crippen molar-refractivity contribution < 1.29 is 10.2 Å². The van der Waals surface area contributed by atoms with Gasteiger partial charge in [0.05, 0.1) is 13.2 Å². The third-order valence-electron chi connectivity index (χ3n) is 5.42. The predicted molar refractivity (Wildman–Crippen MR) is 73.9 cm³/mol. The third-order valence-corrected chi connectivity index (χ3v) is 5.42. The first-order chi connectivity index (χ1) is 8.25. The zero-order chi connectivity index (χ0) is 11.9. The van der Waals surface area contributed by atoms with Crippen molar-refractivity contribution in [3.05, 3.63) is 0 Å². The van der Waals surface area contributed by atoms with Crippen LogP contribution in [0, 0.1) is 17.8 Å². The van der Waals surface area contributed by atoms with E-state index >= 15 is 0 Å². The number of aliphatic hydroxyl groups excluding tert-OH is 2. The van der Waals surface area contributed by atoms with Gasteiger partial charge in [0.2, 0.25) is 0 Å². The van der Waals surface area contributed by atoms with E-state index in [0.717, 1.165) is 30.8 Å². The Labute approximate surface area is 116 Å². The van der Waals surface area contributed by atoms with Crippen LogP contribution in [0.25, 0.3) is 0 Å². The van der Waals surface area contributed by atoms with Crippen LogP contribution >= 0.6 is 12.4 Å². The molecule has 0 aromatic carbocycles. The van der Waals surface area contributed by atoms with Crippen molar-refractivity contribution >= 4 is 12.4 Å². The van der Waals surface area contributed by atoms with E-state index in [1.807, 2.05) is 0 Å². The number of halogens is 1. The molecule has 4 saturated carbocycles. The standard InChI is InChI=1S/C14H25NO2.ClH/c16-3-1-15(2-4-17)14-8-11-5-12(9-14)7-13(6-11)10-14;/h11-13,16-17H,1-10H2;1H. The molecule has 0 amide bonds. The SMILES string of the molecule is Cl.OCCN(CCO)C12CC3CC(CC(C3)C1)C2. The van der Waals surface area contributed by atoms with E-state index in [2.05, 4.69) is 4.90 Å². The molecule has 4 aliphatic carbocycles. The fraction of sp³-hybridized carbons (Fsp3) is 1.00. The molecule has 4 fully saturated rings. The monoisotopic (exact) mass is 275 g/mol. The highest BCUT2D eigenvalue weighted by Crippen LogP contribution is 2.57. The van der Waals surface area contributed by atoms with Gasteiger partial charge in [-0.25, -0.2) is 0 Å². The summed E-state index contributed by atoms with van der Waals surface area (Å²) in [6.07, 6.45) is 8.30. The Morgan fingerprint density at radius 1 is 0.833 bits per heavy atom. The summed E-state index contributed by atoms with van der Waals surface area (Å²) >= 11 is 0. The van der Waals surface area contributed by atoms with Crippen molar-refractivity contribution in [2.24, 2.45) is 17.8 Å². The molecule has 4 heteroatoms. The van der Waals surface area contributed by atoms with Crippen LogP contribution in [-0.2, 0) is 0 Å². The van der Waals surface area contributed by atoms with E-state index in [4.69, 9.17) is 0 Å². The maximum Gasteiger partial charge on any atom is 0.0558 e. The molecule has 18 heavy (non-hydrogen) atoms. The molecular formula is C14H26ClNO2. The summed E-state index contributed by atoms with van der Waals surface area (Å²) in [6, 6.07) is 0. The average molecular weight is 276 g/mol. The zero-order valence-corrected chi connectivity index (χ0v) is 11.9. The molecule has 4 bridgehead atoms. The number of β-amino-alcohol motifs (C(OH)–C–C–N with tert-alkyl or cyclic N) is 2. The highest BCUT2D eigenvalue weighted by atomic mass is 35.5. The second-order valence-electron chi connectivity index (χ2n) is 6.58. The lowest BCUT2D eigenvalue weighted by Crippen LogP contribution is -2.61. The Bertz CT molecular complexity index is 244. The minimum Gasteiger partial charge on any atom is -0.395 e. The Hall–Kier alpha value is 0.170. The van der Waals surface area contributed by atoms with Gasteiger partial charge in [-0.1, -0.05) is 0 Å². The average Bonchev–Trinajstić information content (AvgIpc) is 2.27. The summed E-state index contributed by atoms with van der Waals surface area (Å²) in [6.45, 7) is 1.93. The largest absolute Gasteiger partial charge is 0.395 e. The zero-order valence-electron chi connectivity index (χ0n) is 11.1. The molecule has 0 aliphatic heterocycles. The summed E-state index contributed by atoms with van der Waals surface area (Å²) in [5, 5.41) is 18.5. The number of hydrogen-bond donors (Lipinski definition) is 2. The van der Waals surface area contributed by atoms with Gasteiger partial charge < -0.3 is 10.2 Å². The molecule has 0 saturated heterocycles. The van der Waals surface area contributed by atoms with Crippen molar-refractivity contribution in [1.82, 2.24) is 4.90 Å². The van der Waals surface area contributed by atoms with Crippen LogP contribution in [0.15, 0.2) is 0 Å². The Morgan fingerprint density at radius 2 is 1.22 bits per heavy atom. The summed E-state index contributed by atoms with van der Waals surface area (Å²) in [5.74, 6) is 2.79. The van der Waals surface area contributed by atoms with Gasteiger partial charge in [0.25, 0.3) is 0 Å². The van der Waals surface area contributed by atoms with Crippen LogP contribution in [0.3, 0.4) is 0 Å². The van der Waals surface area contributed by atoms with Crippen LogP contribution < -0.4 is 0 Å². The molecule has 3 nitrogen and oxygen atoms in total. The normalized spacial score (nSPS) is 41.2. The van der Waals surface area contributed by atoms with E-state index in [9.17, 15) is 10.2 Å². The highest BCUT2D eigenvalue weighted by Gasteiger charge is 2.53. The van der Waals surface area contributed by atoms with E-state index in [1.54, 1.807) is 0 Å². The summed E-state index contributed by atoms with van der Waals surface area (Å²) in [7, 11) is 0. The van der Waals surface area contributed by atoms with Gasteiger partial charge in [-0.15, -0.1) is 12.4 Å². The fourth-order valence-electron chi connectivity index (χ4n) is 5.28. The minimum absolute atomic E-state index is 0. The summed E-state index contributed by atoms with van der Waals surface area (Å²) in [4.78, 5) is 2.40. The second kappa shape index (κ2) is 5.66. The second-order valence-corrected chi connectivity index (χ2v) is 6.58. The van der Waals surface area contributed by atoms with Crippen molar-refractivity contribution in [2.75, 3.05) is 26.3 Å². The maximum atomic E-state index is 9.24. The van der Waals surface area contributed by atoms with Gasteiger partial charge in [0.1, 0.15) is 0 Å². The van der Waals surface area contributed by atoms with E-state index < -0.39 is 0 Å². The fourth-order valence-corrected chi connectivity index (χ4v) is 5.28. The van der Waals surface area contributed by atoms with Crippen LogP contribution in [0.5, 0.6) is 0 Å². The molecule has 0 radical (unpaired) electrons. The molecule has 0 atom stereocenters. The van der Waals surface area contributed by atoms with Gasteiger partial charge in [-0.05, 0) is 56.3 Å². The molecule has 2 N–H and O–H groups in total. The molecule has 0 heterocycles. The Kier molecular flexibility index (Phi) is 4.58. The van der Waals surface area contributed by atoms with Gasteiger partial charge in [-0.2, -0.15) is 0 Å². The van der Waals surface area contributed by atoms with Crippen molar-refractivity contribution in [3.63, 3.8) is 0 Å². The molecule has 0 aromatic heterocycles. The predicted octanol–water partition coefficient (Wildman–Crippen LogP) is 1.66. The quantitative estimate of drug-likeness (QED) is 0.802.